The summed E-state index contributed by atoms with van der Waals surface area (Å²) >= 11 is 0. The Morgan fingerprint density at radius 2 is 1.87 bits per heavy atom. The SMILES string of the molecule is C[N+]1(C)CCC(O)C(c2ccccc2)C1. The van der Waals surface area contributed by atoms with Crippen LogP contribution in [-0.2, 0) is 0 Å². The van der Waals surface area contributed by atoms with Crippen LogP contribution in [0.3, 0.4) is 0 Å². The van der Waals surface area contributed by atoms with Crippen molar-refractivity contribution >= 4 is 0 Å². The third-order valence-electron chi connectivity index (χ3n) is 3.41. The summed E-state index contributed by atoms with van der Waals surface area (Å²) in [6.07, 6.45) is 0.741. The zero-order valence-corrected chi connectivity index (χ0v) is 9.56. The van der Waals surface area contributed by atoms with Crippen LogP contribution in [0.25, 0.3) is 0 Å². The first-order valence-electron chi connectivity index (χ1n) is 5.63. The maximum atomic E-state index is 10.0. The van der Waals surface area contributed by atoms with Gasteiger partial charge in [-0.25, -0.2) is 0 Å². The highest BCUT2D eigenvalue weighted by Crippen LogP contribution is 2.29. The fourth-order valence-corrected chi connectivity index (χ4v) is 2.46. The Hall–Kier alpha value is -0.860. The quantitative estimate of drug-likeness (QED) is 0.692. The van der Waals surface area contributed by atoms with Gasteiger partial charge in [-0.3, -0.25) is 0 Å². The molecule has 1 heterocycles. The third kappa shape index (κ3) is 2.39. The summed E-state index contributed by atoms with van der Waals surface area (Å²) in [5.74, 6) is 0.301. The van der Waals surface area contributed by atoms with Crippen LogP contribution in [0.5, 0.6) is 0 Å². The van der Waals surface area contributed by atoms with Crippen molar-refractivity contribution in [2.75, 3.05) is 27.2 Å². The van der Waals surface area contributed by atoms with Gasteiger partial charge in [-0.2, -0.15) is 0 Å². The molecule has 2 unspecified atom stereocenters. The molecule has 82 valence electrons. The third-order valence-corrected chi connectivity index (χ3v) is 3.41. The number of nitrogens with zero attached hydrogens (tertiary/aromatic N) is 1. The van der Waals surface area contributed by atoms with Crippen LogP contribution >= 0.6 is 0 Å². The predicted octanol–water partition coefficient (Wildman–Crippen LogP) is 1.61. The Morgan fingerprint density at radius 1 is 1.20 bits per heavy atom. The van der Waals surface area contributed by atoms with Crippen LogP contribution in [0, 0.1) is 0 Å². The molecule has 0 aliphatic carbocycles. The minimum atomic E-state index is -0.168. The van der Waals surface area contributed by atoms with E-state index in [1.165, 1.54) is 5.56 Å². The van der Waals surface area contributed by atoms with E-state index in [0.29, 0.717) is 5.92 Å². The largest absolute Gasteiger partial charge is 0.392 e. The number of aliphatic hydroxyl groups excluding tert-OH is 1. The van der Waals surface area contributed by atoms with Crippen LogP contribution in [0.1, 0.15) is 17.9 Å². The summed E-state index contributed by atoms with van der Waals surface area (Å²) in [7, 11) is 4.48. The molecule has 1 aliphatic heterocycles. The molecular weight excluding hydrogens is 186 g/mol. The molecule has 2 rings (SSSR count). The number of benzene rings is 1. The minimum absolute atomic E-state index is 0.168. The number of piperidine rings is 1. The van der Waals surface area contributed by atoms with Crippen molar-refractivity contribution in [3.63, 3.8) is 0 Å². The van der Waals surface area contributed by atoms with Crippen molar-refractivity contribution in [3.8, 4) is 0 Å². The predicted molar refractivity (Wildman–Crippen MR) is 61.6 cm³/mol. The van der Waals surface area contributed by atoms with Crippen molar-refractivity contribution in [2.24, 2.45) is 0 Å². The molecule has 0 saturated carbocycles. The smallest absolute Gasteiger partial charge is 0.0877 e. The molecule has 1 aromatic rings. The molecule has 0 spiro atoms. The summed E-state index contributed by atoms with van der Waals surface area (Å²) in [5.41, 5.74) is 1.27. The van der Waals surface area contributed by atoms with Gasteiger partial charge in [0.2, 0.25) is 0 Å². The minimum Gasteiger partial charge on any atom is -0.392 e. The van der Waals surface area contributed by atoms with Crippen LogP contribution in [0.2, 0.25) is 0 Å². The number of hydrogen-bond donors (Lipinski definition) is 1. The fraction of sp³-hybridized carbons (Fsp3) is 0.538. The fourth-order valence-electron chi connectivity index (χ4n) is 2.46. The molecule has 0 bridgehead atoms. The average Bonchev–Trinajstić information content (AvgIpc) is 2.23. The first-order valence-corrected chi connectivity index (χ1v) is 5.63. The molecule has 0 amide bonds. The van der Waals surface area contributed by atoms with Gasteiger partial charge in [0.1, 0.15) is 0 Å². The molecule has 15 heavy (non-hydrogen) atoms. The summed E-state index contributed by atoms with van der Waals surface area (Å²) in [6.45, 7) is 2.11. The molecule has 2 heteroatoms. The maximum Gasteiger partial charge on any atom is 0.0877 e. The van der Waals surface area contributed by atoms with E-state index in [9.17, 15) is 5.11 Å². The Labute approximate surface area is 91.7 Å². The lowest BCUT2D eigenvalue weighted by Crippen LogP contribution is -2.51. The van der Waals surface area contributed by atoms with Crippen molar-refractivity contribution in [3.05, 3.63) is 35.9 Å². The zero-order valence-electron chi connectivity index (χ0n) is 9.56. The Morgan fingerprint density at radius 3 is 2.53 bits per heavy atom. The molecule has 2 nitrogen and oxygen atoms in total. The standard InChI is InChI=1S/C13H20NO/c1-14(2)9-8-13(15)12(10-14)11-6-4-3-5-7-11/h3-7,12-13,15H,8-10H2,1-2H3/q+1. The van der Waals surface area contributed by atoms with E-state index in [-0.39, 0.29) is 6.10 Å². The first kappa shape index (κ1) is 10.7. The highest BCUT2D eigenvalue weighted by atomic mass is 16.3. The van der Waals surface area contributed by atoms with Gasteiger partial charge in [0.15, 0.2) is 0 Å². The van der Waals surface area contributed by atoms with Crippen molar-refractivity contribution in [1.82, 2.24) is 0 Å². The van der Waals surface area contributed by atoms with Crippen LogP contribution in [-0.4, -0.2) is 42.9 Å². The second kappa shape index (κ2) is 3.95. The lowest BCUT2D eigenvalue weighted by atomic mass is 9.87. The zero-order chi connectivity index (χ0) is 10.9. The lowest BCUT2D eigenvalue weighted by molar-refractivity contribution is -0.897. The number of aliphatic hydroxyl groups is 1. The summed E-state index contributed by atoms with van der Waals surface area (Å²) in [6, 6.07) is 10.4. The van der Waals surface area contributed by atoms with Gasteiger partial charge >= 0.3 is 0 Å². The second-order valence-corrected chi connectivity index (χ2v) is 5.22. The van der Waals surface area contributed by atoms with Gasteiger partial charge in [0, 0.05) is 6.42 Å². The van der Waals surface area contributed by atoms with Gasteiger partial charge in [0.25, 0.3) is 0 Å². The monoisotopic (exact) mass is 206 g/mol. The van der Waals surface area contributed by atoms with Crippen molar-refractivity contribution in [2.45, 2.75) is 18.4 Å². The molecule has 1 aliphatic rings. The van der Waals surface area contributed by atoms with Crippen LogP contribution in [0.15, 0.2) is 30.3 Å². The van der Waals surface area contributed by atoms with Gasteiger partial charge in [-0.1, -0.05) is 30.3 Å². The van der Waals surface area contributed by atoms with E-state index in [4.69, 9.17) is 0 Å². The van der Waals surface area contributed by atoms with Gasteiger partial charge in [0.05, 0.1) is 39.2 Å². The molecule has 0 radical (unpaired) electrons. The van der Waals surface area contributed by atoms with Crippen LogP contribution in [0.4, 0.5) is 0 Å². The average molecular weight is 206 g/mol. The maximum absolute atomic E-state index is 10.0. The number of likely N-dealkylation sites (N-methyl/N-ethyl adjacent to an activating group) is 1. The molecule has 2 atom stereocenters. The Bertz CT molecular complexity index is 321. The van der Waals surface area contributed by atoms with E-state index < -0.39 is 0 Å². The van der Waals surface area contributed by atoms with E-state index in [0.717, 1.165) is 24.0 Å². The second-order valence-electron chi connectivity index (χ2n) is 5.22. The summed E-state index contributed by atoms with van der Waals surface area (Å²) < 4.78 is 1.01. The molecular formula is C13H20NO+. The molecule has 0 aromatic heterocycles. The summed E-state index contributed by atoms with van der Waals surface area (Å²) in [5, 5.41) is 10.0. The topological polar surface area (TPSA) is 20.2 Å². The van der Waals surface area contributed by atoms with Crippen LogP contribution < -0.4 is 0 Å². The number of likely N-dealkylation sites (tertiary alicyclic amines) is 1. The van der Waals surface area contributed by atoms with E-state index >= 15 is 0 Å². The van der Waals surface area contributed by atoms with Gasteiger partial charge < -0.3 is 9.59 Å². The summed E-state index contributed by atoms with van der Waals surface area (Å²) in [4.78, 5) is 0. The number of hydrogen-bond acceptors (Lipinski definition) is 1. The lowest BCUT2D eigenvalue weighted by Gasteiger charge is -2.40. The Balaban J connectivity index is 2.20. The van der Waals surface area contributed by atoms with Gasteiger partial charge in [-0.05, 0) is 5.56 Å². The molecule has 1 N–H and O–H groups in total. The van der Waals surface area contributed by atoms with Crippen molar-refractivity contribution in [1.29, 1.82) is 0 Å². The van der Waals surface area contributed by atoms with E-state index in [2.05, 4.69) is 38.4 Å². The van der Waals surface area contributed by atoms with Crippen molar-refractivity contribution < 1.29 is 9.59 Å². The number of rotatable bonds is 1. The molecule has 1 fully saturated rings. The van der Waals surface area contributed by atoms with Gasteiger partial charge in [-0.15, -0.1) is 0 Å². The number of quaternary nitrogens is 1. The van der Waals surface area contributed by atoms with E-state index in [1.807, 2.05) is 6.07 Å². The highest BCUT2D eigenvalue weighted by molar-refractivity contribution is 5.21. The highest BCUT2D eigenvalue weighted by Gasteiger charge is 2.34. The first-order chi connectivity index (χ1) is 7.08. The normalized spacial score (nSPS) is 30.1. The molecule has 1 aromatic carbocycles. The van der Waals surface area contributed by atoms with E-state index in [1.54, 1.807) is 0 Å². The Kier molecular flexibility index (Phi) is 2.81. The molecule has 1 saturated heterocycles.